The molecule has 120 valence electrons. The topological polar surface area (TPSA) is 80.2 Å². The average Bonchev–Trinajstić information content (AvgIpc) is 3.15. The first-order chi connectivity index (χ1) is 10.4. The molecule has 0 aromatic carbocycles. The highest BCUT2D eigenvalue weighted by atomic mass is 16.5. The van der Waals surface area contributed by atoms with Crippen molar-refractivity contribution in [1.82, 2.24) is 25.1 Å². The second kappa shape index (κ2) is 5.48. The van der Waals surface area contributed by atoms with Crippen molar-refractivity contribution in [3.05, 3.63) is 28.9 Å². The number of nitrogens with zero attached hydrogens (tertiary/aromatic N) is 5. The van der Waals surface area contributed by atoms with Gasteiger partial charge in [0.25, 0.3) is 0 Å². The molecule has 0 saturated carbocycles. The molecule has 2 aromatic rings. The molecule has 1 N–H and O–H groups in total. The van der Waals surface area contributed by atoms with Crippen molar-refractivity contribution in [2.45, 2.75) is 52.3 Å². The van der Waals surface area contributed by atoms with Crippen LogP contribution in [0.15, 0.2) is 10.7 Å². The summed E-state index contributed by atoms with van der Waals surface area (Å²) in [6.07, 6.45) is 2.51. The highest BCUT2D eigenvalue weighted by Gasteiger charge is 2.40. The van der Waals surface area contributed by atoms with Gasteiger partial charge in [-0.3, -0.25) is 4.90 Å². The number of aromatic nitrogens is 4. The number of β-amino-alcohol motifs (C(OH)–C–C–N with tert-alkyl or cyclic N) is 1. The number of hydrogen-bond acceptors (Lipinski definition) is 6. The van der Waals surface area contributed by atoms with Crippen LogP contribution in [0.5, 0.6) is 0 Å². The Kier molecular flexibility index (Phi) is 3.78. The summed E-state index contributed by atoms with van der Waals surface area (Å²) >= 11 is 0. The molecule has 0 spiro atoms. The zero-order chi connectivity index (χ0) is 15.9. The molecule has 22 heavy (non-hydrogen) atoms. The lowest BCUT2D eigenvalue weighted by molar-refractivity contribution is 0.0407. The van der Waals surface area contributed by atoms with Crippen molar-refractivity contribution in [3.8, 4) is 0 Å². The molecule has 3 rings (SSSR count). The summed E-state index contributed by atoms with van der Waals surface area (Å²) in [5.74, 6) is 0.846. The van der Waals surface area contributed by atoms with Crippen LogP contribution in [0.4, 0.5) is 0 Å². The molecule has 0 aliphatic carbocycles. The van der Waals surface area contributed by atoms with E-state index in [1.54, 1.807) is 4.68 Å². The molecule has 1 fully saturated rings. The molecule has 0 bridgehead atoms. The van der Waals surface area contributed by atoms with Gasteiger partial charge in [-0.05, 0) is 34.1 Å². The van der Waals surface area contributed by atoms with Gasteiger partial charge < -0.3 is 9.63 Å². The molecule has 1 aliphatic rings. The zero-order valence-electron chi connectivity index (χ0n) is 13.6. The van der Waals surface area contributed by atoms with Gasteiger partial charge >= 0.3 is 0 Å². The molecule has 0 radical (unpaired) electrons. The smallest absolute Gasteiger partial charge is 0.138 e. The second-order valence-corrected chi connectivity index (χ2v) is 6.47. The Hall–Kier alpha value is -1.73. The van der Waals surface area contributed by atoms with Crippen LogP contribution in [0.25, 0.3) is 0 Å². The van der Waals surface area contributed by atoms with Gasteiger partial charge in [0.2, 0.25) is 0 Å². The molecule has 1 atom stereocenters. The van der Waals surface area contributed by atoms with E-state index in [2.05, 4.69) is 20.4 Å². The minimum Gasteiger partial charge on any atom is -0.382 e. The van der Waals surface area contributed by atoms with E-state index in [0.717, 1.165) is 30.1 Å². The molecule has 7 heteroatoms. The SMILES string of the molecule is Cc1noc(C)c1CN1CC[C@@](O)(c2cn(C(C)C)nn2)C1. The van der Waals surface area contributed by atoms with Gasteiger partial charge in [0, 0.05) is 31.2 Å². The van der Waals surface area contributed by atoms with Gasteiger partial charge in [-0.2, -0.15) is 0 Å². The fourth-order valence-corrected chi connectivity index (χ4v) is 2.91. The lowest BCUT2D eigenvalue weighted by Gasteiger charge is -2.21. The average molecular weight is 305 g/mol. The third-order valence-corrected chi connectivity index (χ3v) is 4.41. The summed E-state index contributed by atoms with van der Waals surface area (Å²) in [6, 6.07) is 0.240. The summed E-state index contributed by atoms with van der Waals surface area (Å²) in [6.45, 7) is 10.1. The van der Waals surface area contributed by atoms with Crippen molar-refractivity contribution in [2.24, 2.45) is 0 Å². The maximum absolute atomic E-state index is 10.9. The summed E-state index contributed by atoms with van der Waals surface area (Å²) in [7, 11) is 0. The van der Waals surface area contributed by atoms with Gasteiger partial charge in [0.15, 0.2) is 0 Å². The van der Waals surface area contributed by atoms with Crippen LogP contribution >= 0.6 is 0 Å². The second-order valence-electron chi connectivity index (χ2n) is 6.47. The predicted octanol–water partition coefficient (Wildman–Crippen LogP) is 1.56. The van der Waals surface area contributed by atoms with E-state index >= 15 is 0 Å². The van der Waals surface area contributed by atoms with Gasteiger partial charge in [0.1, 0.15) is 17.1 Å². The summed E-state index contributed by atoms with van der Waals surface area (Å²) in [5, 5.41) is 23.1. The Morgan fingerprint density at radius 3 is 2.77 bits per heavy atom. The van der Waals surface area contributed by atoms with E-state index in [9.17, 15) is 5.11 Å². The molecule has 7 nitrogen and oxygen atoms in total. The molecular formula is C15H23N5O2. The molecule has 0 unspecified atom stereocenters. The predicted molar refractivity (Wildman–Crippen MR) is 80.2 cm³/mol. The molecule has 0 amide bonds. The highest BCUT2D eigenvalue weighted by Crippen LogP contribution is 2.32. The Morgan fingerprint density at radius 1 is 1.41 bits per heavy atom. The fourth-order valence-electron chi connectivity index (χ4n) is 2.91. The first-order valence-electron chi connectivity index (χ1n) is 7.68. The van der Waals surface area contributed by atoms with Crippen molar-refractivity contribution in [2.75, 3.05) is 13.1 Å². The Labute approximate surface area is 129 Å². The molecule has 3 heterocycles. The summed E-state index contributed by atoms with van der Waals surface area (Å²) < 4.78 is 6.99. The number of hydrogen-bond donors (Lipinski definition) is 1. The Bertz CT molecular complexity index is 643. The summed E-state index contributed by atoms with van der Waals surface area (Å²) in [5.41, 5.74) is 1.75. The van der Waals surface area contributed by atoms with Crippen LogP contribution in [0, 0.1) is 13.8 Å². The van der Waals surface area contributed by atoms with E-state index in [1.165, 1.54) is 0 Å². The van der Waals surface area contributed by atoms with Crippen LogP contribution in [0.3, 0.4) is 0 Å². The lowest BCUT2D eigenvalue weighted by Crippen LogP contribution is -2.31. The van der Waals surface area contributed by atoms with Gasteiger partial charge in [-0.15, -0.1) is 5.10 Å². The third-order valence-electron chi connectivity index (χ3n) is 4.41. The quantitative estimate of drug-likeness (QED) is 0.923. The van der Waals surface area contributed by atoms with Crippen molar-refractivity contribution in [1.29, 1.82) is 0 Å². The Morgan fingerprint density at radius 2 is 2.18 bits per heavy atom. The lowest BCUT2D eigenvalue weighted by atomic mass is 10.00. The number of likely N-dealkylation sites (tertiary alicyclic amines) is 1. The van der Waals surface area contributed by atoms with Crippen molar-refractivity contribution < 1.29 is 9.63 Å². The standard InChI is InChI=1S/C15H23N5O2/c1-10(2)20-8-14(16-18-20)15(21)5-6-19(9-15)7-13-11(3)17-22-12(13)4/h8,10,21H,5-7,9H2,1-4H3/t15-/m0/s1. The maximum Gasteiger partial charge on any atom is 0.138 e. The minimum atomic E-state index is -0.924. The maximum atomic E-state index is 10.9. The zero-order valence-corrected chi connectivity index (χ0v) is 13.6. The monoisotopic (exact) mass is 305 g/mol. The molecule has 2 aromatic heterocycles. The largest absolute Gasteiger partial charge is 0.382 e. The van der Waals surface area contributed by atoms with Crippen LogP contribution in [-0.4, -0.2) is 43.2 Å². The van der Waals surface area contributed by atoms with E-state index in [1.807, 2.05) is 33.9 Å². The number of aryl methyl sites for hydroxylation is 2. The molecule has 1 saturated heterocycles. The van der Waals surface area contributed by atoms with Crippen molar-refractivity contribution in [3.63, 3.8) is 0 Å². The summed E-state index contributed by atoms with van der Waals surface area (Å²) in [4.78, 5) is 2.21. The van der Waals surface area contributed by atoms with E-state index in [-0.39, 0.29) is 6.04 Å². The van der Waals surface area contributed by atoms with E-state index < -0.39 is 5.60 Å². The van der Waals surface area contributed by atoms with Gasteiger partial charge in [0.05, 0.1) is 11.9 Å². The van der Waals surface area contributed by atoms with Gasteiger partial charge in [-0.1, -0.05) is 10.4 Å². The van der Waals surface area contributed by atoms with Crippen LogP contribution < -0.4 is 0 Å². The number of aliphatic hydroxyl groups is 1. The van der Waals surface area contributed by atoms with Crippen LogP contribution in [0.1, 0.15) is 49.0 Å². The normalized spacial score (nSPS) is 22.8. The Balaban J connectivity index is 1.73. The first kappa shape index (κ1) is 15.2. The van der Waals surface area contributed by atoms with Crippen molar-refractivity contribution >= 4 is 0 Å². The van der Waals surface area contributed by atoms with E-state index in [0.29, 0.717) is 18.7 Å². The number of rotatable bonds is 4. The van der Waals surface area contributed by atoms with Crippen LogP contribution in [-0.2, 0) is 12.1 Å². The van der Waals surface area contributed by atoms with Crippen LogP contribution in [0.2, 0.25) is 0 Å². The molecule has 1 aliphatic heterocycles. The minimum absolute atomic E-state index is 0.240. The fraction of sp³-hybridized carbons (Fsp3) is 0.667. The first-order valence-corrected chi connectivity index (χ1v) is 7.68. The van der Waals surface area contributed by atoms with E-state index in [4.69, 9.17) is 4.52 Å². The third kappa shape index (κ3) is 2.66. The van der Waals surface area contributed by atoms with Gasteiger partial charge in [-0.25, -0.2) is 4.68 Å². The molecular weight excluding hydrogens is 282 g/mol. The highest BCUT2D eigenvalue weighted by molar-refractivity contribution is 5.21.